The number of aliphatic hydroxyl groups is 1. The molecule has 0 radical (unpaired) electrons. The molecule has 1 saturated carbocycles. The van der Waals surface area contributed by atoms with Gasteiger partial charge in [-0.3, -0.25) is 0 Å². The fraction of sp³-hybridized carbons (Fsp3) is 0.900. The van der Waals surface area contributed by atoms with E-state index in [-0.39, 0.29) is 0 Å². The SMILES string of the molecule is CC1=CC[C@@H]2C(C)(C)CCC[C@@]2(C)[C@@H]1CC[C@H](C)CCO. The second-order valence-electron chi connectivity index (χ2n) is 8.83. The smallest absolute Gasteiger partial charge is 0.0433 e. The van der Waals surface area contributed by atoms with Crippen LogP contribution >= 0.6 is 0 Å². The lowest BCUT2D eigenvalue weighted by Crippen LogP contribution is -2.48. The molecule has 2 rings (SSSR count). The van der Waals surface area contributed by atoms with Gasteiger partial charge in [0.25, 0.3) is 0 Å². The summed E-state index contributed by atoms with van der Waals surface area (Å²) in [4.78, 5) is 0. The van der Waals surface area contributed by atoms with Crippen LogP contribution < -0.4 is 0 Å². The Morgan fingerprint density at radius 1 is 1.24 bits per heavy atom. The van der Waals surface area contributed by atoms with E-state index in [0.29, 0.717) is 23.4 Å². The Morgan fingerprint density at radius 3 is 2.62 bits per heavy atom. The van der Waals surface area contributed by atoms with Crippen molar-refractivity contribution in [3.63, 3.8) is 0 Å². The summed E-state index contributed by atoms with van der Waals surface area (Å²) in [6.07, 6.45) is 11.6. The molecular formula is C20H36O. The van der Waals surface area contributed by atoms with Gasteiger partial charge >= 0.3 is 0 Å². The highest BCUT2D eigenvalue weighted by Gasteiger charge is 2.51. The van der Waals surface area contributed by atoms with Crippen molar-refractivity contribution in [1.29, 1.82) is 0 Å². The average Bonchev–Trinajstić information content (AvgIpc) is 2.37. The summed E-state index contributed by atoms with van der Waals surface area (Å²) >= 11 is 0. The summed E-state index contributed by atoms with van der Waals surface area (Å²) in [5.41, 5.74) is 2.64. The van der Waals surface area contributed by atoms with Gasteiger partial charge in [0.15, 0.2) is 0 Å². The molecule has 0 aromatic heterocycles. The van der Waals surface area contributed by atoms with Gasteiger partial charge in [-0.15, -0.1) is 0 Å². The highest BCUT2D eigenvalue weighted by Crippen LogP contribution is 2.60. The third kappa shape index (κ3) is 3.38. The molecule has 2 aliphatic carbocycles. The van der Waals surface area contributed by atoms with E-state index in [9.17, 15) is 0 Å². The van der Waals surface area contributed by atoms with Crippen LogP contribution in [0, 0.1) is 28.6 Å². The molecule has 0 aliphatic heterocycles. The summed E-state index contributed by atoms with van der Waals surface area (Å²) in [6, 6.07) is 0. The molecule has 0 bridgehead atoms. The van der Waals surface area contributed by atoms with Gasteiger partial charge in [0.2, 0.25) is 0 Å². The molecule has 0 saturated heterocycles. The fourth-order valence-corrected chi connectivity index (χ4v) is 5.51. The molecule has 0 aromatic rings. The zero-order valence-electron chi connectivity index (χ0n) is 14.9. The Bertz CT molecular complexity index is 381. The predicted molar refractivity (Wildman–Crippen MR) is 91.2 cm³/mol. The molecule has 4 atom stereocenters. The minimum Gasteiger partial charge on any atom is -0.396 e. The molecule has 1 fully saturated rings. The Morgan fingerprint density at radius 2 is 1.95 bits per heavy atom. The molecule has 0 unspecified atom stereocenters. The summed E-state index contributed by atoms with van der Waals surface area (Å²) in [5, 5.41) is 9.12. The van der Waals surface area contributed by atoms with Crippen molar-refractivity contribution >= 4 is 0 Å². The van der Waals surface area contributed by atoms with Gasteiger partial charge in [-0.25, -0.2) is 0 Å². The number of allylic oxidation sites excluding steroid dienone is 2. The number of rotatable bonds is 5. The van der Waals surface area contributed by atoms with Gasteiger partial charge in [0, 0.05) is 6.61 Å². The lowest BCUT2D eigenvalue weighted by atomic mass is 9.48. The fourth-order valence-electron chi connectivity index (χ4n) is 5.51. The van der Waals surface area contributed by atoms with Crippen LogP contribution in [-0.4, -0.2) is 11.7 Å². The lowest BCUT2D eigenvalue weighted by Gasteiger charge is -2.57. The summed E-state index contributed by atoms with van der Waals surface area (Å²) in [5.74, 6) is 2.26. The molecule has 0 aromatic carbocycles. The van der Waals surface area contributed by atoms with E-state index in [4.69, 9.17) is 5.11 Å². The molecule has 0 spiro atoms. The van der Waals surface area contributed by atoms with Gasteiger partial charge in [-0.2, -0.15) is 0 Å². The van der Waals surface area contributed by atoms with Crippen LogP contribution in [0.2, 0.25) is 0 Å². The van der Waals surface area contributed by atoms with E-state index < -0.39 is 0 Å². The van der Waals surface area contributed by atoms with Crippen molar-refractivity contribution in [3.8, 4) is 0 Å². The second-order valence-corrected chi connectivity index (χ2v) is 8.83. The molecule has 0 amide bonds. The van der Waals surface area contributed by atoms with Gasteiger partial charge in [-0.05, 0) is 67.6 Å². The third-order valence-corrected chi connectivity index (χ3v) is 6.87. The van der Waals surface area contributed by atoms with Crippen LogP contribution in [0.15, 0.2) is 11.6 Å². The van der Waals surface area contributed by atoms with Crippen LogP contribution in [0.4, 0.5) is 0 Å². The van der Waals surface area contributed by atoms with Crippen molar-refractivity contribution in [2.75, 3.05) is 6.61 Å². The second kappa shape index (κ2) is 6.44. The van der Waals surface area contributed by atoms with E-state index in [1.165, 1.54) is 38.5 Å². The Balaban J connectivity index is 2.14. The maximum atomic E-state index is 9.12. The number of fused-ring (bicyclic) bond motifs is 1. The van der Waals surface area contributed by atoms with Crippen molar-refractivity contribution in [2.45, 2.75) is 79.6 Å². The van der Waals surface area contributed by atoms with Crippen LogP contribution in [-0.2, 0) is 0 Å². The number of hydrogen-bond acceptors (Lipinski definition) is 1. The van der Waals surface area contributed by atoms with Gasteiger partial charge in [0.05, 0.1) is 0 Å². The molecule has 1 nitrogen and oxygen atoms in total. The summed E-state index contributed by atoms with van der Waals surface area (Å²) in [7, 11) is 0. The molecular weight excluding hydrogens is 256 g/mol. The average molecular weight is 293 g/mol. The first-order chi connectivity index (χ1) is 9.81. The molecule has 21 heavy (non-hydrogen) atoms. The Labute approximate surface area is 132 Å². The van der Waals surface area contributed by atoms with E-state index in [2.05, 4.69) is 40.7 Å². The lowest BCUT2D eigenvalue weighted by molar-refractivity contribution is -0.0405. The minimum absolute atomic E-state index is 0.341. The quantitative estimate of drug-likeness (QED) is 0.655. The zero-order valence-corrected chi connectivity index (χ0v) is 14.9. The van der Waals surface area contributed by atoms with E-state index in [1.807, 2.05) is 0 Å². The highest BCUT2D eigenvalue weighted by molar-refractivity contribution is 5.18. The molecule has 1 heteroatoms. The molecule has 0 heterocycles. The van der Waals surface area contributed by atoms with E-state index in [1.54, 1.807) is 5.57 Å². The molecule has 1 N–H and O–H groups in total. The first-order valence-corrected chi connectivity index (χ1v) is 9.09. The van der Waals surface area contributed by atoms with Crippen LogP contribution in [0.1, 0.15) is 79.6 Å². The van der Waals surface area contributed by atoms with Crippen LogP contribution in [0.25, 0.3) is 0 Å². The van der Waals surface area contributed by atoms with E-state index in [0.717, 1.165) is 18.3 Å². The maximum absolute atomic E-state index is 9.12. The topological polar surface area (TPSA) is 20.2 Å². The predicted octanol–water partition coefficient (Wildman–Crippen LogP) is 5.58. The van der Waals surface area contributed by atoms with Gasteiger partial charge in [-0.1, -0.05) is 52.2 Å². The monoisotopic (exact) mass is 292 g/mol. The van der Waals surface area contributed by atoms with Crippen molar-refractivity contribution in [3.05, 3.63) is 11.6 Å². The number of hydrogen-bond donors (Lipinski definition) is 1. The third-order valence-electron chi connectivity index (χ3n) is 6.87. The van der Waals surface area contributed by atoms with Crippen LogP contribution in [0.5, 0.6) is 0 Å². The maximum Gasteiger partial charge on any atom is 0.0433 e. The normalized spacial score (nSPS) is 36.8. The molecule has 122 valence electrons. The van der Waals surface area contributed by atoms with Crippen molar-refractivity contribution in [1.82, 2.24) is 0 Å². The van der Waals surface area contributed by atoms with Crippen LogP contribution in [0.3, 0.4) is 0 Å². The largest absolute Gasteiger partial charge is 0.396 e. The van der Waals surface area contributed by atoms with E-state index >= 15 is 0 Å². The first kappa shape index (κ1) is 17.1. The Kier molecular flexibility index (Phi) is 5.23. The summed E-state index contributed by atoms with van der Waals surface area (Å²) in [6.45, 7) is 12.6. The highest BCUT2D eigenvalue weighted by atomic mass is 16.3. The Hall–Kier alpha value is -0.300. The standard InChI is InChI=1S/C20H36O/c1-15(11-14-21)7-9-17-16(2)8-10-18-19(3,4)12-6-13-20(17,18)5/h8,15,17-18,21H,6-7,9-14H2,1-5H3/t15-,17+,18+,20-/m0/s1. The van der Waals surface area contributed by atoms with Gasteiger partial charge in [0.1, 0.15) is 0 Å². The number of aliphatic hydroxyl groups excluding tert-OH is 1. The zero-order chi connectivity index (χ0) is 15.7. The van der Waals surface area contributed by atoms with Crippen molar-refractivity contribution in [2.24, 2.45) is 28.6 Å². The minimum atomic E-state index is 0.341. The summed E-state index contributed by atoms with van der Waals surface area (Å²) < 4.78 is 0. The molecule has 2 aliphatic rings. The van der Waals surface area contributed by atoms with Gasteiger partial charge < -0.3 is 5.11 Å². The van der Waals surface area contributed by atoms with Crippen molar-refractivity contribution < 1.29 is 5.11 Å². The first-order valence-electron chi connectivity index (χ1n) is 9.09.